The van der Waals surface area contributed by atoms with E-state index < -0.39 is 14.9 Å². The van der Waals surface area contributed by atoms with Crippen LogP contribution < -0.4 is 5.32 Å². The van der Waals surface area contributed by atoms with E-state index in [4.69, 9.17) is 23.2 Å². The van der Waals surface area contributed by atoms with E-state index in [-0.39, 0.29) is 45.5 Å². The van der Waals surface area contributed by atoms with Crippen molar-refractivity contribution in [3.8, 4) is 0 Å². The summed E-state index contributed by atoms with van der Waals surface area (Å²) in [6, 6.07) is 9.78. The number of rotatable bonds is 5. The molecule has 0 radical (unpaired) electrons. The van der Waals surface area contributed by atoms with Crippen LogP contribution in [0, 0.1) is 16.0 Å². The lowest BCUT2D eigenvalue weighted by Crippen LogP contribution is -2.41. The van der Waals surface area contributed by atoms with Gasteiger partial charge in [0, 0.05) is 41.9 Å². The fourth-order valence-electron chi connectivity index (χ4n) is 3.08. The zero-order chi connectivity index (χ0) is 21.2. The van der Waals surface area contributed by atoms with Gasteiger partial charge in [0.15, 0.2) is 0 Å². The molecule has 2 aromatic carbocycles. The van der Waals surface area contributed by atoms with Crippen molar-refractivity contribution in [2.75, 3.05) is 18.4 Å². The summed E-state index contributed by atoms with van der Waals surface area (Å²) in [6.45, 7) is 0.340. The number of nitro benzene ring substituents is 1. The van der Waals surface area contributed by atoms with Gasteiger partial charge in [0.2, 0.25) is 15.9 Å². The van der Waals surface area contributed by atoms with Crippen LogP contribution in [-0.4, -0.2) is 36.6 Å². The average molecular weight is 458 g/mol. The molecule has 8 nitrogen and oxygen atoms in total. The van der Waals surface area contributed by atoms with Crippen molar-refractivity contribution >= 4 is 50.5 Å². The van der Waals surface area contributed by atoms with Gasteiger partial charge >= 0.3 is 0 Å². The standard InChI is InChI=1S/C18H17Cl2N3O5S/c19-13-1-6-16(20)17(11-13)29(27,28)22-9-7-12(8-10-22)18(24)21-14-2-4-15(5-3-14)23(25)26/h1-6,11-12H,7-10H2,(H,21,24). The van der Waals surface area contributed by atoms with Crippen molar-refractivity contribution in [1.82, 2.24) is 4.31 Å². The first kappa shape index (κ1) is 21.5. The van der Waals surface area contributed by atoms with Gasteiger partial charge < -0.3 is 5.32 Å². The summed E-state index contributed by atoms with van der Waals surface area (Å²) in [6.07, 6.45) is 0.687. The number of sulfonamides is 1. The van der Waals surface area contributed by atoms with Crippen molar-refractivity contribution in [2.24, 2.45) is 5.92 Å². The molecule has 0 spiro atoms. The second kappa shape index (κ2) is 8.66. The minimum absolute atomic E-state index is 0.0551. The number of carbonyl (C=O) groups excluding carboxylic acids is 1. The second-order valence-corrected chi connectivity index (χ2v) is 9.30. The number of nitro groups is 1. The van der Waals surface area contributed by atoms with E-state index in [0.29, 0.717) is 18.5 Å². The topological polar surface area (TPSA) is 110 Å². The molecule has 0 aromatic heterocycles. The minimum Gasteiger partial charge on any atom is -0.326 e. The maximum Gasteiger partial charge on any atom is 0.269 e. The third-order valence-electron chi connectivity index (χ3n) is 4.68. The maximum absolute atomic E-state index is 12.8. The Hall–Kier alpha value is -2.20. The molecule has 0 saturated carbocycles. The van der Waals surface area contributed by atoms with E-state index in [1.165, 1.54) is 46.8 Å². The second-order valence-electron chi connectivity index (χ2n) is 6.55. The number of hydrogen-bond donors (Lipinski definition) is 1. The van der Waals surface area contributed by atoms with E-state index in [9.17, 15) is 23.3 Å². The van der Waals surface area contributed by atoms with E-state index >= 15 is 0 Å². The first-order chi connectivity index (χ1) is 13.7. The molecule has 1 fully saturated rings. The number of non-ortho nitro benzene ring substituents is 1. The Morgan fingerprint density at radius 2 is 1.72 bits per heavy atom. The van der Waals surface area contributed by atoms with Crippen molar-refractivity contribution in [3.63, 3.8) is 0 Å². The molecule has 1 saturated heterocycles. The highest BCUT2D eigenvalue weighted by Gasteiger charge is 2.33. The minimum atomic E-state index is -3.81. The molecular weight excluding hydrogens is 441 g/mol. The molecule has 1 aliphatic heterocycles. The summed E-state index contributed by atoms with van der Waals surface area (Å²) in [4.78, 5) is 22.6. The van der Waals surface area contributed by atoms with E-state index in [2.05, 4.69) is 5.32 Å². The molecule has 3 rings (SSSR count). The Morgan fingerprint density at radius 1 is 1.10 bits per heavy atom. The molecule has 1 N–H and O–H groups in total. The predicted molar refractivity (Wildman–Crippen MR) is 110 cm³/mol. The van der Waals surface area contributed by atoms with Crippen LogP contribution in [0.2, 0.25) is 10.0 Å². The summed E-state index contributed by atoms with van der Waals surface area (Å²) in [5, 5.41) is 13.8. The molecule has 2 aromatic rings. The lowest BCUT2D eigenvalue weighted by molar-refractivity contribution is -0.384. The predicted octanol–water partition coefficient (Wildman–Crippen LogP) is 3.94. The van der Waals surface area contributed by atoms with Crippen LogP contribution in [0.25, 0.3) is 0 Å². The first-order valence-corrected chi connectivity index (χ1v) is 10.9. The summed E-state index contributed by atoms with van der Waals surface area (Å²) in [5.41, 5.74) is 0.377. The summed E-state index contributed by atoms with van der Waals surface area (Å²) >= 11 is 11.9. The number of hydrogen-bond acceptors (Lipinski definition) is 5. The van der Waals surface area contributed by atoms with Gasteiger partial charge in [-0.3, -0.25) is 14.9 Å². The molecule has 0 unspecified atom stereocenters. The Bertz CT molecular complexity index is 1040. The molecule has 1 amide bonds. The van der Waals surface area contributed by atoms with Gasteiger partial charge in [-0.05, 0) is 43.2 Å². The number of nitrogens with one attached hydrogen (secondary N) is 1. The number of amides is 1. The number of carbonyl (C=O) groups is 1. The monoisotopic (exact) mass is 457 g/mol. The first-order valence-electron chi connectivity index (χ1n) is 8.69. The van der Waals surface area contributed by atoms with Gasteiger partial charge in [0.05, 0.1) is 9.95 Å². The van der Waals surface area contributed by atoms with Gasteiger partial charge in [0.1, 0.15) is 4.90 Å². The number of anilines is 1. The number of nitrogens with zero attached hydrogens (tertiary/aromatic N) is 2. The fourth-order valence-corrected chi connectivity index (χ4v) is 5.29. The van der Waals surface area contributed by atoms with Gasteiger partial charge in [-0.2, -0.15) is 4.31 Å². The fraction of sp³-hybridized carbons (Fsp3) is 0.278. The van der Waals surface area contributed by atoms with Crippen molar-refractivity contribution < 1.29 is 18.1 Å². The van der Waals surface area contributed by atoms with Crippen LogP contribution >= 0.6 is 23.2 Å². The average Bonchev–Trinajstić information content (AvgIpc) is 2.70. The quantitative estimate of drug-likeness (QED) is 0.539. The lowest BCUT2D eigenvalue weighted by atomic mass is 9.97. The summed E-state index contributed by atoms with van der Waals surface area (Å²) in [7, 11) is -3.81. The normalized spacial score (nSPS) is 15.8. The van der Waals surface area contributed by atoms with Crippen LogP contribution in [-0.2, 0) is 14.8 Å². The maximum atomic E-state index is 12.8. The van der Waals surface area contributed by atoms with Gasteiger partial charge in [-0.25, -0.2) is 8.42 Å². The van der Waals surface area contributed by atoms with Crippen LogP contribution in [0.5, 0.6) is 0 Å². The van der Waals surface area contributed by atoms with Crippen molar-refractivity contribution in [2.45, 2.75) is 17.7 Å². The smallest absolute Gasteiger partial charge is 0.269 e. The Balaban J connectivity index is 1.63. The van der Waals surface area contributed by atoms with E-state index in [0.717, 1.165) is 0 Å². The third-order valence-corrected chi connectivity index (χ3v) is 7.30. The Kier molecular flexibility index (Phi) is 6.42. The molecule has 0 bridgehead atoms. The molecule has 1 heterocycles. The molecular formula is C18H17Cl2N3O5S. The molecule has 29 heavy (non-hydrogen) atoms. The Labute approximate surface area is 177 Å². The zero-order valence-electron chi connectivity index (χ0n) is 15.0. The zero-order valence-corrected chi connectivity index (χ0v) is 17.4. The van der Waals surface area contributed by atoms with Crippen LogP contribution in [0.3, 0.4) is 0 Å². The Morgan fingerprint density at radius 3 is 2.31 bits per heavy atom. The molecule has 11 heteroatoms. The molecule has 1 aliphatic rings. The number of benzene rings is 2. The number of piperidine rings is 1. The van der Waals surface area contributed by atoms with Crippen molar-refractivity contribution in [3.05, 3.63) is 62.6 Å². The highest BCUT2D eigenvalue weighted by Crippen LogP contribution is 2.30. The summed E-state index contributed by atoms with van der Waals surface area (Å²) in [5.74, 6) is -0.622. The third kappa shape index (κ3) is 4.87. The summed E-state index contributed by atoms with van der Waals surface area (Å²) < 4.78 is 27.0. The van der Waals surface area contributed by atoms with E-state index in [1.54, 1.807) is 0 Å². The van der Waals surface area contributed by atoms with Crippen LogP contribution in [0.4, 0.5) is 11.4 Å². The SMILES string of the molecule is O=C(Nc1ccc([N+](=O)[O-])cc1)C1CCN(S(=O)(=O)c2cc(Cl)ccc2Cl)CC1. The highest BCUT2D eigenvalue weighted by molar-refractivity contribution is 7.89. The van der Waals surface area contributed by atoms with Crippen molar-refractivity contribution in [1.29, 1.82) is 0 Å². The largest absolute Gasteiger partial charge is 0.326 e. The van der Waals surface area contributed by atoms with Crippen LogP contribution in [0.15, 0.2) is 47.4 Å². The lowest BCUT2D eigenvalue weighted by Gasteiger charge is -2.30. The van der Waals surface area contributed by atoms with Gasteiger partial charge in [-0.1, -0.05) is 23.2 Å². The molecule has 0 aliphatic carbocycles. The molecule has 0 atom stereocenters. The van der Waals surface area contributed by atoms with Crippen LogP contribution in [0.1, 0.15) is 12.8 Å². The number of halogens is 2. The van der Waals surface area contributed by atoms with Gasteiger partial charge in [0.25, 0.3) is 5.69 Å². The highest BCUT2D eigenvalue weighted by atomic mass is 35.5. The molecule has 154 valence electrons. The van der Waals surface area contributed by atoms with E-state index in [1.807, 2.05) is 0 Å². The van der Waals surface area contributed by atoms with Gasteiger partial charge in [-0.15, -0.1) is 0 Å².